The van der Waals surface area contributed by atoms with E-state index < -0.39 is 6.04 Å². The van der Waals surface area contributed by atoms with Crippen LogP contribution in [0.4, 0.5) is 0 Å². The van der Waals surface area contributed by atoms with Crippen molar-refractivity contribution in [3.8, 4) is 0 Å². The molecule has 0 saturated heterocycles. The van der Waals surface area contributed by atoms with Crippen LogP contribution in [0.25, 0.3) is 0 Å². The Morgan fingerprint density at radius 1 is 0.971 bits per heavy atom. The molecule has 34 heavy (non-hydrogen) atoms. The maximum absolute atomic E-state index is 13.5. The number of benzene rings is 3. The second kappa shape index (κ2) is 12.8. The molecule has 1 atom stereocenters. The monoisotopic (exact) mass is 514 g/mol. The van der Waals surface area contributed by atoms with Crippen LogP contribution in [-0.4, -0.2) is 35.6 Å². The lowest BCUT2D eigenvalue weighted by molar-refractivity contribution is -0.139. The van der Waals surface area contributed by atoms with Gasteiger partial charge in [-0.25, -0.2) is 0 Å². The lowest BCUT2D eigenvalue weighted by atomic mass is 10.0. The zero-order valence-electron chi connectivity index (χ0n) is 19.3. The summed E-state index contributed by atoms with van der Waals surface area (Å²) in [5.41, 5.74) is 4.07. The van der Waals surface area contributed by atoms with Crippen molar-refractivity contribution < 1.29 is 9.59 Å². The normalized spacial score (nSPS) is 11.6. The van der Waals surface area contributed by atoms with Gasteiger partial charge in [0.2, 0.25) is 11.8 Å². The highest BCUT2D eigenvalue weighted by molar-refractivity contribution is 7.99. The fourth-order valence-corrected chi connectivity index (χ4v) is 4.92. The third kappa shape index (κ3) is 7.52. The number of halogens is 2. The molecule has 1 N–H and O–H groups in total. The first kappa shape index (κ1) is 26.1. The van der Waals surface area contributed by atoms with Crippen LogP contribution in [0.2, 0.25) is 10.0 Å². The van der Waals surface area contributed by atoms with Crippen LogP contribution in [0.5, 0.6) is 0 Å². The Hall–Kier alpha value is -2.47. The highest BCUT2D eigenvalue weighted by atomic mass is 35.5. The third-order valence-electron chi connectivity index (χ3n) is 5.49. The van der Waals surface area contributed by atoms with Crippen molar-refractivity contribution in [1.29, 1.82) is 0 Å². The van der Waals surface area contributed by atoms with Crippen molar-refractivity contribution in [2.24, 2.45) is 0 Å². The molecule has 0 bridgehead atoms. The van der Waals surface area contributed by atoms with Gasteiger partial charge in [0.1, 0.15) is 6.04 Å². The molecule has 0 saturated carbocycles. The molecule has 3 aromatic rings. The fraction of sp³-hybridized carbons (Fsp3) is 0.259. The fourth-order valence-electron chi connectivity index (χ4n) is 3.58. The minimum absolute atomic E-state index is 0.118. The lowest BCUT2D eigenvalue weighted by Crippen LogP contribution is -2.50. The van der Waals surface area contributed by atoms with Gasteiger partial charge in [-0.3, -0.25) is 9.59 Å². The number of nitrogens with one attached hydrogen (secondary N) is 1. The number of nitrogens with zero attached hydrogens (tertiary/aromatic N) is 1. The van der Waals surface area contributed by atoms with E-state index in [-0.39, 0.29) is 24.1 Å². The minimum atomic E-state index is -0.674. The average Bonchev–Trinajstić information content (AvgIpc) is 2.83. The molecule has 0 unspecified atom stereocenters. The smallest absolute Gasteiger partial charge is 0.242 e. The summed E-state index contributed by atoms with van der Waals surface area (Å²) >= 11 is 14.0. The van der Waals surface area contributed by atoms with Gasteiger partial charge in [0.15, 0.2) is 0 Å². The van der Waals surface area contributed by atoms with E-state index in [0.717, 1.165) is 16.7 Å². The van der Waals surface area contributed by atoms with Gasteiger partial charge >= 0.3 is 0 Å². The predicted molar refractivity (Wildman–Crippen MR) is 142 cm³/mol. The molecule has 3 aromatic carbocycles. The molecular formula is C27H28Cl2N2O2S. The lowest BCUT2D eigenvalue weighted by Gasteiger charge is -2.31. The van der Waals surface area contributed by atoms with Gasteiger partial charge in [0.25, 0.3) is 0 Å². The summed E-state index contributed by atoms with van der Waals surface area (Å²) in [5.74, 6) is 0.630. The summed E-state index contributed by atoms with van der Waals surface area (Å²) in [6, 6.07) is 22.5. The highest BCUT2D eigenvalue weighted by Crippen LogP contribution is 2.25. The van der Waals surface area contributed by atoms with Crippen molar-refractivity contribution in [3.63, 3.8) is 0 Å². The zero-order valence-corrected chi connectivity index (χ0v) is 21.6. The molecule has 7 heteroatoms. The number of hydrogen-bond acceptors (Lipinski definition) is 3. The number of likely N-dealkylation sites (N-methyl/N-ethyl adjacent to an activating group) is 1. The molecule has 178 valence electrons. The number of carbonyl (C=O) groups is 2. The third-order valence-corrected chi connectivity index (χ3v) is 7.06. The molecule has 0 aliphatic rings. The summed E-state index contributed by atoms with van der Waals surface area (Å²) in [7, 11) is 1.59. The first-order valence-electron chi connectivity index (χ1n) is 11.0. The van der Waals surface area contributed by atoms with Crippen molar-refractivity contribution >= 4 is 46.8 Å². The maximum atomic E-state index is 13.5. The molecular weight excluding hydrogens is 487 g/mol. The molecule has 0 radical (unpaired) electrons. The van der Waals surface area contributed by atoms with Gasteiger partial charge < -0.3 is 10.2 Å². The highest BCUT2D eigenvalue weighted by Gasteiger charge is 2.30. The molecule has 0 aliphatic carbocycles. The van der Waals surface area contributed by atoms with Crippen molar-refractivity contribution in [2.45, 2.75) is 31.7 Å². The molecule has 0 fully saturated rings. The molecule has 2 amide bonds. The van der Waals surface area contributed by atoms with Gasteiger partial charge in [0.05, 0.1) is 5.75 Å². The van der Waals surface area contributed by atoms with Crippen LogP contribution < -0.4 is 5.32 Å². The Labute approximate surface area is 215 Å². The largest absolute Gasteiger partial charge is 0.357 e. The molecule has 4 nitrogen and oxygen atoms in total. The van der Waals surface area contributed by atoms with Gasteiger partial charge in [0, 0.05) is 35.8 Å². The quantitative estimate of drug-likeness (QED) is 0.365. The number of aryl methyl sites for hydroxylation is 1. The standard InChI is InChI=1S/C27H28Cl2N2O2S/c1-19-8-10-21(11-9-19)17-34-18-26(32)31(16-22-12-13-23(28)15-24(22)29)25(27(33)30-2)14-20-6-4-3-5-7-20/h3-13,15,25H,14,16-18H2,1-2H3,(H,30,33)/t25-/m1/s1. The van der Waals surface area contributed by atoms with E-state index in [9.17, 15) is 9.59 Å². The van der Waals surface area contributed by atoms with E-state index in [0.29, 0.717) is 22.2 Å². The van der Waals surface area contributed by atoms with Crippen LogP contribution in [0, 0.1) is 6.92 Å². The van der Waals surface area contributed by atoms with Gasteiger partial charge in [-0.1, -0.05) is 89.4 Å². The molecule has 0 spiro atoms. The van der Waals surface area contributed by atoms with Crippen molar-refractivity contribution in [3.05, 3.63) is 105 Å². The van der Waals surface area contributed by atoms with Crippen LogP contribution in [0.3, 0.4) is 0 Å². The average molecular weight is 516 g/mol. The Morgan fingerprint density at radius 3 is 2.32 bits per heavy atom. The van der Waals surface area contributed by atoms with Crippen molar-refractivity contribution in [2.75, 3.05) is 12.8 Å². The number of rotatable bonds is 10. The molecule has 0 aliphatic heterocycles. The summed E-state index contributed by atoms with van der Waals surface area (Å²) in [5, 5.41) is 3.71. The van der Waals surface area contributed by atoms with E-state index in [1.54, 1.807) is 30.1 Å². The van der Waals surface area contributed by atoms with E-state index in [2.05, 4.69) is 29.6 Å². The first-order valence-corrected chi connectivity index (χ1v) is 12.9. The Bertz CT molecular complexity index is 1110. The second-order valence-electron chi connectivity index (χ2n) is 8.06. The summed E-state index contributed by atoms with van der Waals surface area (Å²) in [4.78, 5) is 28.1. The topological polar surface area (TPSA) is 49.4 Å². The van der Waals surface area contributed by atoms with E-state index in [1.807, 2.05) is 37.3 Å². The summed E-state index contributed by atoms with van der Waals surface area (Å²) in [6.45, 7) is 2.26. The molecule has 0 aromatic heterocycles. The second-order valence-corrected chi connectivity index (χ2v) is 9.88. The maximum Gasteiger partial charge on any atom is 0.242 e. The predicted octanol–water partition coefficient (Wildman–Crippen LogP) is 5.92. The Morgan fingerprint density at radius 2 is 1.68 bits per heavy atom. The number of hydrogen-bond donors (Lipinski definition) is 1. The Kier molecular flexibility index (Phi) is 9.87. The number of amides is 2. The van der Waals surface area contributed by atoms with E-state index in [4.69, 9.17) is 23.2 Å². The van der Waals surface area contributed by atoms with E-state index >= 15 is 0 Å². The summed E-state index contributed by atoms with van der Waals surface area (Å²) in [6.07, 6.45) is 0.403. The number of carbonyl (C=O) groups excluding carboxylic acids is 2. The minimum Gasteiger partial charge on any atom is -0.357 e. The first-order chi connectivity index (χ1) is 16.4. The van der Waals surface area contributed by atoms with Gasteiger partial charge in [-0.05, 0) is 35.7 Å². The zero-order chi connectivity index (χ0) is 24.5. The number of thioether (sulfide) groups is 1. The van der Waals surface area contributed by atoms with Gasteiger partial charge in [-0.2, -0.15) is 0 Å². The molecule has 0 heterocycles. The van der Waals surface area contributed by atoms with Crippen LogP contribution in [0.1, 0.15) is 22.3 Å². The summed E-state index contributed by atoms with van der Waals surface area (Å²) < 4.78 is 0. The molecule has 3 rings (SSSR count). The van der Waals surface area contributed by atoms with E-state index in [1.165, 1.54) is 17.3 Å². The Balaban J connectivity index is 1.83. The van der Waals surface area contributed by atoms with Crippen LogP contribution >= 0.6 is 35.0 Å². The van der Waals surface area contributed by atoms with Gasteiger partial charge in [-0.15, -0.1) is 11.8 Å². The SMILES string of the molecule is CNC(=O)[C@@H](Cc1ccccc1)N(Cc1ccc(Cl)cc1Cl)C(=O)CSCc1ccc(C)cc1. The van der Waals surface area contributed by atoms with Crippen LogP contribution in [-0.2, 0) is 28.3 Å². The van der Waals surface area contributed by atoms with Crippen LogP contribution in [0.15, 0.2) is 72.8 Å². The van der Waals surface area contributed by atoms with Crippen molar-refractivity contribution in [1.82, 2.24) is 10.2 Å².